The molecule has 0 atom stereocenters. The summed E-state index contributed by atoms with van der Waals surface area (Å²) in [5.74, 6) is -0.522. The summed E-state index contributed by atoms with van der Waals surface area (Å²) in [6, 6.07) is 13.1. The van der Waals surface area contributed by atoms with E-state index >= 15 is 0 Å². The molecule has 7 nitrogen and oxygen atoms in total. The molecule has 0 spiro atoms. The van der Waals surface area contributed by atoms with Crippen molar-refractivity contribution in [2.24, 2.45) is 0 Å². The summed E-state index contributed by atoms with van der Waals surface area (Å²) in [7, 11) is -3.23. The second kappa shape index (κ2) is 7.43. The number of benzene rings is 2. The Hall–Kier alpha value is -2.45. The van der Waals surface area contributed by atoms with Gasteiger partial charge in [0.15, 0.2) is 0 Å². The van der Waals surface area contributed by atoms with Gasteiger partial charge in [-0.15, -0.1) is 0 Å². The SMILES string of the molecule is CS(=O)(=O)N1CCN(C(=O)CNC(=O)c2ccc3ccccc3c2)CC1. The zero-order valence-electron chi connectivity index (χ0n) is 14.5. The van der Waals surface area contributed by atoms with E-state index in [2.05, 4.69) is 5.32 Å². The van der Waals surface area contributed by atoms with Crippen molar-refractivity contribution in [2.45, 2.75) is 0 Å². The first-order valence-electron chi connectivity index (χ1n) is 8.34. The van der Waals surface area contributed by atoms with Crippen molar-refractivity contribution < 1.29 is 18.0 Å². The van der Waals surface area contributed by atoms with Gasteiger partial charge >= 0.3 is 0 Å². The number of piperazine rings is 1. The molecule has 1 heterocycles. The highest BCUT2D eigenvalue weighted by Crippen LogP contribution is 2.15. The number of fused-ring (bicyclic) bond motifs is 1. The van der Waals surface area contributed by atoms with Gasteiger partial charge in [-0.3, -0.25) is 9.59 Å². The molecule has 138 valence electrons. The molecule has 0 aliphatic carbocycles. The van der Waals surface area contributed by atoms with Gasteiger partial charge in [0.05, 0.1) is 12.8 Å². The fourth-order valence-corrected chi connectivity index (χ4v) is 3.80. The van der Waals surface area contributed by atoms with E-state index in [1.807, 2.05) is 30.3 Å². The van der Waals surface area contributed by atoms with Crippen LogP contribution in [0.1, 0.15) is 10.4 Å². The van der Waals surface area contributed by atoms with Crippen LogP contribution in [0.3, 0.4) is 0 Å². The quantitative estimate of drug-likeness (QED) is 0.851. The lowest BCUT2D eigenvalue weighted by Crippen LogP contribution is -2.52. The summed E-state index contributed by atoms with van der Waals surface area (Å²) in [6.07, 6.45) is 1.16. The van der Waals surface area contributed by atoms with Crippen LogP contribution in [0.2, 0.25) is 0 Å². The zero-order chi connectivity index (χ0) is 18.7. The summed E-state index contributed by atoms with van der Waals surface area (Å²) in [5, 5.41) is 4.65. The van der Waals surface area contributed by atoms with E-state index in [9.17, 15) is 18.0 Å². The van der Waals surface area contributed by atoms with E-state index in [0.717, 1.165) is 17.0 Å². The molecule has 0 unspecified atom stereocenters. The summed E-state index contributed by atoms with van der Waals surface area (Å²) >= 11 is 0. The average molecular weight is 375 g/mol. The molecule has 8 heteroatoms. The maximum absolute atomic E-state index is 12.3. The summed E-state index contributed by atoms with van der Waals surface area (Å²) in [6.45, 7) is 1.12. The molecule has 1 aliphatic heterocycles. The number of carbonyl (C=O) groups excluding carboxylic acids is 2. The fourth-order valence-electron chi connectivity index (χ4n) is 2.97. The van der Waals surface area contributed by atoms with E-state index in [-0.39, 0.29) is 31.4 Å². The van der Waals surface area contributed by atoms with Gasteiger partial charge in [-0.2, -0.15) is 4.31 Å². The van der Waals surface area contributed by atoms with Crippen LogP contribution in [0, 0.1) is 0 Å². The van der Waals surface area contributed by atoms with Crippen molar-refractivity contribution in [1.29, 1.82) is 0 Å². The fraction of sp³-hybridized carbons (Fsp3) is 0.333. The van der Waals surface area contributed by atoms with Crippen LogP contribution >= 0.6 is 0 Å². The highest BCUT2D eigenvalue weighted by Gasteiger charge is 2.26. The maximum Gasteiger partial charge on any atom is 0.251 e. The Morgan fingerprint density at radius 1 is 1.00 bits per heavy atom. The van der Waals surface area contributed by atoms with Crippen molar-refractivity contribution in [3.05, 3.63) is 48.0 Å². The molecule has 1 N–H and O–H groups in total. The smallest absolute Gasteiger partial charge is 0.251 e. The predicted molar refractivity (Wildman–Crippen MR) is 99.3 cm³/mol. The van der Waals surface area contributed by atoms with Crippen LogP contribution in [-0.2, 0) is 14.8 Å². The minimum absolute atomic E-state index is 0.107. The van der Waals surface area contributed by atoms with E-state index in [1.165, 1.54) is 4.31 Å². The molecule has 2 aromatic carbocycles. The number of sulfonamides is 1. The molecule has 0 bridgehead atoms. The first-order valence-corrected chi connectivity index (χ1v) is 10.2. The van der Waals surface area contributed by atoms with Gasteiger partial charge in [-0.25, -0.2) is 8.42 Å². The molecule has 2 aromatic rings. The van der Waals surface area contributed by atoms with Crippen LogP contribution in [0.4, 0.5) is 0 Å². The third-order valence-electron chi connectivity index (χ3n) is 4.47. The summed E-state index contributed by atoms with van der Waals surface area (Å²) in [4.78, 5) is 26.1. The van der Waals surface area contributed by atoms with Gasteiger partial charge in [-0.05, 0) is 22.9 Å². The second-order valence-corrected chi connectivity index (χ2v) is 8.27. The Morgan fingerprint density at radius 2 is 1.65 bits per heavy atom. The Bertz CT molecular complexity index is 934. The third-order valence-corrected chi connectivity index (χ3v) is 5.78. The Kier molecular flexibility index (Phi) is 5.24. The standard InChI is InChI=1S/C18H21N3O4S/c1-26(24,25)21-10-8-20(9-11-21)17(22)13-19-18(23)16-7-6-14-4-2-3-5-15(14)12-16/h2-7,12H,8-11,13H2,1H3,(H,19,23). The highest BCUT2D eigenvalue weighted by molar-refractivity contribution is 7.88. The zero-order valence-corrected chi connectivity index (χ0v) is 15.3. The topological polar surface area (TPSA) is 86.8 Å². The molecular weight excluding hydrogens is 354 g/mol. The van der Waals surface area contributed by atoms with Crippen LogP contribution in [0.5, 0.6) is 0 Å². The average Bonchev–Trinajstić information content (AvgIpc) is 2.64. The third kappa shape index (κ3) is 4.20. The van der Waals surface area contributed by atoms with Gasteiger partial charge in [0.25, 0.3) is 5.91 Å². The van der Waals surface area contributed by atoms with E-state index in [0.29, 0.717) is 18.7 Å². The van der Waals surface area contributed by atoms with Gasteiger partial charge < -0.3 is 10.2 Å². The molecule has 1 fully saturated rings. The molecule has 3 rings (SSSR count). The van der Waals surface area contributed by atoms with Crippen molar-refractivity contribution in [2.75, 3.05) is 39.0 Å². The first kappa shape index (κ1) is 18.3. The van der Waals surface area contributed by atoms with Crippen molar-refractivity contribution >= 4 is 32.6 Å². The normalized spacial score (nSPS) is 15.8. The van der Waals surface area contributed by atoms with Gasteiger partial charge in [0.1, 0.15) is 0 Å². The lowest BCUT2D eigenvalue weighted by molar-refractivity contribution is -0.131. The van der Waals surface area contributed by atoms with E-state index in [4.69, 9.17) is 0 Å². The Labute approximate surface area is 152 Å². The van der Waals surface area contributed by atoms with Gasteiger partial charge in [0, 0.05) is 31.7 Å². The molecule has 26 heavy (non-hydrogen) atoms. The van der Waals surface area contributed by atoms with Crippen LogP contribution in [-0.4, -0.2) is 68.4 Å². The number of nitrogens with zero attached hydrogens (tertiary/aromatic N) is 2. The lowest BCUT2D eigenvalue weighted by Gasteiger charge is -2.33. The Balaban J connectivity index is 1.55. The van der Waals surface area contributed by atoms with Crippen LogP contribution in [0.15, 0.2) is 42.5 Å². The van der Waals surface area contributed by atoms with Crippen LogP contribution < -0.4 is 5.32 Å². The number of amides is 2. The maximum atomic E-state index is 12.3. The lowest BCUT2D eigenvalue weighted by atomic mass is 10.1. The molecule has 0 radical (unpaired) electrons. The van der Waals surface area contributed by atoms with Crippen molar-refractivity contribution in [3.63, 3.8) is 0 Å². The number of nitrogens with one attached hydrogen (secondary N) is 1. The minimum atomic E-state index is -3.23. The molecule has 0 aromatic heterocycles. The summed E-state index contributed by atoms with van der Waals surface area (Å²) < 4.78 is 24.3. The Morgan fingerprint density at radius 3 is 2.31 bits per heavy atom. The summed E-state index contributed by atoms with van der Waals surface area (Å²) in [5.41, 5.74) is 0.499. The largest absolute Gasteiger partial charge is 0.343 e. The number of hydrogen-bond acceptors (Lipinski definition) is 4. The molecule has 1 saturated heterocycles. The number of hydrogen-bond donors (Lipinski definition) is 1. The van der Waals surface area contributed by atoms with E-state index < -0.39 is 10.0 Å². The van der Waals surface area contributed by atoms with Crippen LogP contribution in [0.25, 0.3) is 10.8 Å². The molecule has 0 saturated carbocycles. The van der Waals surface area contributed by atoms with E-state index in [1.54, 1.807) is 17.0 Å². The first-order chi connectivity index (χ1) is 12.3. The van der Waals surface area contributed by atoms with Gasteiger partial charge in [-0.1, -0.05) is 30.3 Å². The number of rotatable bonds is 4. The van der Waals surface area contributed by atoms with Gasteiger partial charge in [0.2, 0.25) is 15.9 Å². The van der Waals surface area contributed by atoms with Crippen molar-refractivity contribution in [1.82, 2.24) is 14.5 Å². The highest BCUT2D eigenvalue weighted by atomic mass is 32.2. The molecule has 1 aliphatic rings. The van der Waals surface area contributed by atoms with Crippen molar-refractivity contribution in [3.8, 4) is 0 Å². The minimum Gasteiger partial charge on any atom is -0.343 e. The molecule has 2 amide bonds. The molecular formula is C18H21N3O4S. The second-order valence-electron chi connectivity index (χ2n) is 6.29. The monoisotopic (exact) mass is 375 g/mol. The number of carbonyl (C=O) groups is 2. The predicted octanol–water partition coefficient (Wildman–Crippen LogP) is 0.673.